The Bertz CT molecular complexity index is 483. The first kappa shape index (κ1) is 22.7. The third-order valence-electron chi connectivity index (χ3n) is 4.36. The van der Waals surface area contributed by atoms with Crippen LogP contribution in [-0.4, -0.2) is 104 Å². The molecule has 0 bridgehead atoms. The van der Waals surface area contributed by atoms with Crippen LogP contribution in [-0.2, 0) is 14.3 Å². The second-order valence-corrected chi connectivity index (χ2v) is 7.00. The van der Waals surface area contributed by atoms with Crippen LogP contribution in [0.2, 0.25) is 0 Å². The van der Waals surface area contributed by atoms with Crippen molar-refractivity contribution < 1.29 is 50.1 Å². The van der Waals surface area contributed by atoms with Crippen LogP contribution in [0.15, 0.2) is 0 Å². The normalized spacial score (nSPS) is 33.4. The molecule has 0 aliphatic heterocycles. The Hall–Kier alpha value is -1.34. The van der Waals surface area contributed by atoms with E-state index < -0.39 is 66.6 Å². The van der Waals surface area contributed by atoms with Crippen molar-refractivity contribution in [2.75, 3.05) is 13.2 Å². The highest BCUT2D eigenvalue weighted by Gasteiger charge is 2.50. The van der Waals surface area contributed by atoms with E-state index in [1.54, 1.807) is 0 Å². The van der Waals surface area contributed by atoms with Gasteiger partial charge in [0.25, 0.3) is 0 Å². The number of esters is 1. The lowest BCUT2D eigenvalue weighted by atomic mass is 9.85. The summed E-state index contributed by atoms with van der Waals surface area (Å²) in [6, 6.07) is 0. The third kappa shape index (κ3) is 5.10. The predicted molar refractivity (Wildman–Crippen MR) is 84.4 cm³/mol. The van der Waals surface area contributed by atoms with E-state index in [0.29, 0.717) is 0 Å². The molecule has 0 heterocycles. The molecule has 11 heteroatoms. The SMILES string of the molecule is CC(C)(CO)[C@@H](O)C(=O)NCCC(=O)OC1[C@@H](O)[C@H](O)C(O)[C@H](O)[C@@H]1O. The Labute approximate surface area is 149 Å². The van der Waals surface area contributed by atoms with Gasteiger partial charge in [-0.05, 0) is 0 Å². The predicted octanol–water partition coefficient (Wildman–Crippen LogP) is -4.40. The number of aliphatic hydroxyl groups excluding tert-OH is 7. The summed E-state index contributed by atoms with van der Waals surface area (Å²) in [6.07, 6.45) is -12.6. The summed E-state index contributed by atoms with van der Waals surface area (Å²) in [5, 5.41) is 69.2. The Morgan fingerprint density at radius 1 is 1.00 bits per heavy atom. The molecule has 0 radical (unpaired) electrons. The largest absolute Gasteiger partial charge is 0.457 e. The zero-order chi connectivity index (χ0) is 20.2. The molecule has 26 heavy (non-hydrogen) atoms. The number of amides is 1. The Morgan fingerprint density at radius 2 is 1.46 bits per heavy atom. The van der Waals surface area contributed by atoms with Gasteiger partial charge in [0.05, 0.1) is 13.0 Å². The van der Waals surface area contributed by atoms with E-state index in [-0.39, 0.29) is 13.0 Å². The van der Waals surface area contributed by atoms with Crippen LogP contribution < -0.4 is 5.32 Å². The van der Waals surface area contributed by atoms with E-state index in [2.05, 4.69) is 5.32 Å². The van der Waals surface area contributed by atoms with Crippen LogP contribution in [0, 0.1) is 5.41 Å². The average Bonchev–Trinajstić information content (AvgIpc) is 2.61. The minimum atomic E-state index is -1.82. The molecular formula is C15H27NO10. The topological polar surface area (TPSA) is 197 Å². The monoisotopic (exact) mass is 381 g/mol. The lowest BCUT2D eigenvalue weighted by molar-refractivity contribution is -0.233. The fourth-order valence-electron chi connectivity index (χ4n) is 2.37. The molecule has 7 atom stereocenters. The molecule has 1 aliphatic carbocycles. The maximum absolute atomic E-state index is 11.8. The highest BCUT2D eigenvalue weighted by Crippen LogP contribution is 2.24. The molecule has 1 rings (SSSR count). The number of nitrogens with one attached hydrogen (secondary N) is 1. The van der Waals surface area contributed by atoms with Crippen LogP contribution in [0.5, 0.6) is 0 Å². The van der Waals surface area contributed by atoms with Crippen molar-refractivity contribution in [2.45, 2.75) is 63.0 Å². The molecule has 0 aromatic heterocycles. The molecule has 1 saturated carbocycles. The van der Waals surface area contributed by atoms with Crippen molar-refractivity contribution in [3.8, 4) is 0 Å². The van der Waals surface area contributed by atoms with Crippen LogP contribution in [0.1, 0.15) is 20.3 Å². The highest BCUT2D eigenvalue weighted by atomic mass is 16.6. The maximum atomic E-state index is 11.8. The Balaban J connectivity index is 2.51. The molecule has 0 spiro atoms. The standard InChI is InChI=1S/C15H27NO10/c1-15(2,5-17)13(24)14(25)16-4-3-6(18)26-12-10(22)8(20)7(19)9(21)11(12)23/h7-13,17,19-24H,3-5H2,1-2H3,(H,16,25)/t7?,8-,9+,10-,11-,12?,13-/m0/s1. The van der Waals surface area contributed by atoms with Crippen molar-refractivity contribution in [2.24, 2.45) is 5.41 Å². The first-order chi connectivity index (χ1) is 11.9. The summed E-state index contributed by atoms with van der Waals surface area (Å²) in [4.78, 5) is 23.5. The van der Waals surface area contributed by atoms with Crippen LogP contribution >= 0.6 is 0 Å². The average molecular weight is 381 g/mol. The lowest BCUT2D eigenvalue weighted by Crippen LogP contribution is -2.64. The molecule has 0 saturated heterocycles. The van der Waals surface area contributed by atoms with Crippen molar-refractivity contribution in [1.29, 1.82) is 0 Å². The minimum absolute atomic E-state index is 0.233. The van der Waals surface area contributed by atoms with E-state index in [0.717, 1.165) is 0 Å². The zero-order valence-corrected chi connectivity index (χ0v) is 14.5. The molecule has 1 amide bonds. The second kappa shape index (κ2) is 9.04. The van der Waals surface area contributed by atoms with Gasteiger partial charge in [0.2, 0.25) is 5.91 Å². The minimum Gasteiger partial charge on any atom is -0.457 e. The molecular weight excluding hydrogens is 354 g/mol. The smallest absolute Gasteiger partial charge is 0.308 e. The number of carbonyl (C=O) groups is 2. The zero-order valence-electron chi connectivity index (χ0n) is 14.5. The Kier molecular flexibility index (Phi) is 7.89. The van der Waals surface area contributed by atoms with Crippen LogP contribution in [0.3, 0.4) is 0 Å². The molecule has 0 aromatic carbocycles. The fraction of sp³-hybridized carbons (Fsp3) is 0.867. The van der Waals surface area contributed by atoms with E-state index in [1.807, 2.05) is 0 Å². The van der Waals surface area contributed by atoms with Gasteiger partial charge in [-0.15, -0.1) is 0 Å². The van der Waals surface area contributed by atoms with Crippen molar-refractivity contribution in [1.82, 2.24) is 5.32 Å². The van der Waals surface area contributed by atoms with Crippen LogP contribution in [0.25, 0.3) is 0 Å². The second-order valence-electron chi connectivity index (χ2n) is 7.00. The van der Waals surface area contributed by atoms with Gasteiger partial charge in [-0.1, -0.05) is 13.8 Å². The summed E-state index contributed by atoms with van der Waals surface area (Å²) in [5.41, 5.74) is -1.08. The first-order valence-electron chi connectivity index (χ1n) is 8.10. The Morgan fingerprint density at radius 3 is 1.92 bits per heavy atom. The fourth-order valence-corrected chi connectivity index (χ4v) is 2.37. The van der Waals surface area contributed by atoms with Crippen molar-refractivity contribution >= 4 is 11.9 Å². The van der Waals surface area contributed by atoms with E-state index in [1.165, 1.54) is 13.8 Å². The van der Waals surface area contributed by atoms with Gasteiger partial charge < -0.3 is 45.8 Å². The third-order valence-corrected chi connectivity index (χ3v) is 4.36. The number of hydrogen-bond donors (Lipinski definition) is 8. The molecule has 1 aliphatic rings. The molecule has 2 unspecified atom stereocenters. The van der Waals surface area contributed by atoms with Gasteiger partial charge in [-0.3, -0.25) is 9.59 Å². The van der Waals surface area contributed by atoms with Gasteiger partial charge in [-0.25, -0.2) is 0 Å². The quantitative estimate of drug-likeness (QED) is 0.199. The number of ether oxygens (including phenoxy) is 1. The molecule has 0 aromatic rings. The maximum Gasteiger partial charge on any atom is 0.308 e. The highest BCUT2D eigenvalue weighted by molar-refractivity contribution is 5.81. The number of carbonyl (C=O) groups excluding carboxylic acids is 2. The molecule has 11 nitrogen and oxygen atoms in total. The first-order valence-corrected chi connectivity index (χ1v) is 8.10. The van der Waals surface area contributed by atoms with Crippen molar-refractivity contribution in [3.63, 3.8) is 0 Å². The molecule has 8 N–H and O–H groups in total. The van der Waals surface area contributed by atoms with E-state index >= 15 is 0 Å². The summed E-state index contributed by atoms with van der Waals surface area (Å²) in [6.45, 7) is 2.28. The number of rotatable bonds is 7. The lowest BCUT2D eigenvalue weighted by Gasteiger charge is -2.41. The van der Waals surface area contributed by atoms with E-state index in [4.69, 9.17) is 9.84 Å². The van der Waals surface area contributed by atoms with E-state index in [9.17, 15) is 40.2 Å². The van der Waals surface area contributed by atoms with Crippen molar-refractivity contribution in [3.05, 3.63) is 0 Å². The summed E-state index contributed by atoms with van der Waals surface area (Å²) >= 11 is 0. The summed E-state index contributed by atoms with van der Waals surface area (Å²) in [5.74, 6) is -1.76. The van der Waals surface area contributed by atoms with Gasteiger partial charge in [-0.2, -0.15) is 0 Å². The summed E-state index contributed by atoms with van der Waals surface area (Å²) in [7, 11) is 0. The van der Waals surface area contributed by atoms with Gasteiger partial charge in [0.15, 0.2) is 6.10 Å². The number of aliphatic hydroxyl groups is 7. The van der Waals surface area contributed by atoms with Gasteiger partial charge >= 0.3 is 5.97 Å². The number of hydrogen-bond acceptors (Lipinski definition) is 10. The molecule has 1 fully saturated rings. The summed E-state index contributed by atoms with van der Waals surface area (Å²) < 4.78 is 4.81. The van der Waals surface area contributed by atoms with Gasteiger partial charge in [0, 0.05) is 12.0 Å². The van der Waals surface area contributed by atoms with Gasteiger partial charge in [0.1, 0.15) is 36.6 Å². The molecule has 152 valence electrons. The van der Waals surface area contributed by atoms with Crippen LogP contribution in [0.4, 0.5) is 0 Å².